The molecule has 6 nitrogen and oxygen atoms in total. The highest BCUT2D eigenvalue weighted by Gasteiger charge is 2.17. The molecule has 0 saturated heterocycles. The van der Waals surface area contributed by atoms with Gasteiger partial charge in [0.05, 0.1) is 12.7 Å². The lowest BCUT2D eigenvalue weighted by atomic mass is 10.1. The van der Waals surface area contributed by atoms with E-state index in [9.17, 15) is 17.6 Å². The van der Waals surface area contributed by atoms with E-state index in [0.717, 1.165) is 11.8 Å². The van der Waals surface area contributed by atoms with Gasteiger partial charge in [0.2, 0.25) is 15.9 Å². The van der Waals surface area contributed by atoms with Crippen LogP contribution in [0.1, 0.15) is 11.1 Å². The first kappa shape index (κ1) is 19.0. The number of rotatable bonds is 8. The van der Waals surface area contributed by atoms with Crippen LogP contribution < -0.4 is 5.32 Å². The van der Waals surface area contributed by atoms with Crippen LogP contribution in [0.5, 0.6) is 0 Å². The van der Waals surface area contributed by atoms with Gasteiger partial charge in [0, 0.05) is 32.0 Å². The minimum absolute atomic E-state index is 0.113. The molecule has 8 heteroatoms. The third-order valence-corrected chi connectivity index (χ3v) is 4.76. The molecule has 1 N–H and O–H groups in total. The highest BCUT2D eigenvalue weighted by Crippen LogP contribution is 2.07. The summed E-state index contributed by atoms with van der Waals surface area (Å²) < 4.78 is 37.9. The molecular formula is C17H20FN3O3S. The monoisotopic (exact) mass is 365 g/mol. The number of halogens is 1. The molecule has 0 aliphatic rings. The largest absolute Gasteiger partial charge is 0.354 e. The first-order valence-corrected chi connectivity index (χ1v) is 9.54. The van der Waals surface area contributed by atoms with Crippen LogP contribution in [-0.2, 0) is 27.8 Å². The number of nitrogens with zero attached hydrogens (tertiary/aromatic N) is 2. The predicted molar refractivity (Wildman–Crippen MR) is 92.6 cm³/mol. The van der Waals surface area contributed by atoms with Gasteiger partial charge in [-0.3, -0.25) is 9.78 Å². The summed E-state index contributed by atoms with van der Waals surface area (Å²) in [6.45, 7) is 0.538. The molecule has 0 atom stereocenters. The number of nitrogens with one attached hydrogen (secondary N) is 1. The van der Waals surface area contributed by atoms with Crippen LogP contribution in [0.25, 0.3) is 0 Å². The molecule has 0 unspecified atom stereocenters. The zero-order valence-electron chi connectivity index (χ0n) is 13.9. The van der Waals surface area contributed by atoms with Crippen LogP contribution in [0, 0.1) is 5.82 Å². The molecule has 0 saturated carbocycles. The number of hydrogen-bond donors (Lipinski definition) is 1. The quantitative estimate of drug-likeness (QED) is 0.766. The van der Waals surface area contributed by atoms with E-state index in [1.165, 1.54) is 16.4 Å². The van der Waals surface area contributed by atoms with E-state index in [4.69, 9.17) is 0 Å². The van der Waals surface area contributed by atoms with Crippen molar-refractivity contribution < 1.29 is 17.6 Å². The molecule has 1 amide bonds. The average molecular weight is 365 g/mol. The van der Waals surface area contributed by atoms with Gasteiger partial charge < -0.3 is 5.32 Å². The van der Waals surface area contributed by atoms with Gasteiger partial charge in [-0.2, -0.15) is 4.31 Å². The second-order valence-electron chi connectivity index (χ2n) is 5.61. The Labute approximate surface area is 146 Å². The van der Waals surface area contributed by atoms with Crippen molar-refractivity contribution in [2.45, 2.75) is 13.0 Å². The van der Waals surface area contributed by atoms with Gasteiger partial charge in [-0.1, -0.05) is 18.2 Å². The summed E-state index contributed by atoms with van der Waals surface area (Å²) in [6, 6.07) is 9.20. The Balaban J connectivity index is 1.86. The van der Waals surface area contributed by atoms with Crippen LogP contribution in [0.3, 0.4) is 0 Å². The van der Waals surface area contributed by atoms with Gasteiger partial charge in [-0.05, 0) is 29.3 Å². The van der Waals surface area contributed by atoms with E-state index in [-0.39, 0.29) is 37.8 Å². The lowest BCUT2D eigenvalue weighted by Crippen LogP contribution is -2.38. The normalized spacial score (nSPS) is 11.5. The summed E-state index contributed by atoms with van der Waals surface area (Å²) in [6.07, 6.45) is 4.46. The van der Waals surface area contributed by atoms with Crippen molar-refractivity contribution in [2.75, 3.05) is 19.3 Å². The fourth-order valence-corrected chi connectivity index (χ4v) is 3.03. The minimum Gasteiger partial charge on any atom is -0.354 e. The third-order valence-electron chi connectivity index (χ3n) is 3.51. The van der Waals surface area contributed by atoms with Crippen LogP contribution in [0.4, 0.5) is 4.39 Å². The fraction of sp³-hybridized carbons (Fsp3) is 0.294. The van der Waals surface area contributed by atoms with Gasteiger partial charge in [-0.25, -0.2) is 12.8 Å². The number of pyridine rings is 1. The van der Waals surface area contributed by atoms with Gasteiger partial charge in [-0.15, -0.1) is 0 Å². The minimum atomic E-state index is -3.41. The molecule has 0 radical (unpaired) electrons. The van der Waals surface area contributed by atoms with E-state index >= 15 is 0 Å². The Morgan fingerprint density at radius 3 is 2.52 bits per heavy atom. The summed E-state index contributed by atoms with van der Waals surface area (Å²) in [4.78, 5) is 15.9. The summed E-state index contributed by atoms with van der Waals surface area (Å²) in [7, 11) is -3.41. The standard InChI is InChI=1S/C17H20FN3O3S/c1-25(23,24)21(13-15-3-2-8-19-12-15)10-9-20-17(22)11-14-4-6-16(18)7-5-14/h2-8,12H,9-11,13H2,1H3,(H,20,22). The maximum Gasteiger partial charge on any atom is 0.224 e. The summed E-state index contributed by atoms with van der Waals surface area (Å²) in [5, 5.41) is 2.68. The van der Waals surface area contributed by atoms with E-state index in [1.807, 2.05) is 0 Å². The molecule has 25 heavy (non-hydrogen) atoms. The molecule has 2 aromatic rings. The Hall–Kier alpha value is -2.32. The maximum absolute atomic E-state index is 12.8. The van der Waals surface area contributed by atoms with Crippen LogP contribution >= 0.6 is 0 Å². The third kappa shape index (κ3) is 6.60. The zero-order valence-corrected chi connectivity index (χ0v) is 14.7. The number of amides is 1. The van der Waals surface area contributed by atoms with Crippen molar-refractivity contribution in [2.24, 2.45) is 0 Å². The molecule has 0 bridgehead atoms. The smallest absolute Gasteiger partial charge is 0.224 e. The molecule has 0 fully saturated rings. The first-order valence-electron chi connectivity index (χ1n) is 7.70. The fourth-order valence-electron chi connectivity index (χ4n) is 2.23. The Kier molecular flexibility index (Phi) is 6.60. The highest BCUT2D eigenvalue weighted by atomic mass is 32.2. The van der Waals surface area contributed by atoms with E-state index in [2.05, 4.69) is 10.3 Å². The van der Waals surface area contributed by atoms with Gasteiger partial charge in [0.15, 0.2) is 0 Å². The van der Waals surface area contributed by atoms with Crippen LogP contribution in [0.2, 0.25) is 0 Å². The molecule has 2 rings (SSSR count). The average Bonchev–Trinajstić information content (AvgIpc) is 2.56. The topological polar surface area (TPSA) is 79.4 Å². The van der Waals surface area contributed by atoms with Gasteiger partial charge in [0.1, 0.15) is 5.82 Å². The number of carbonyl (C=O) groups excluding carboxylic acids is 1. The van der Waals surface area contributed by atoms with Crippen molar-refractivity contribution in [1.29, 1.82) is 0 Å². The van der Waals surface area contributed by atoms with Crippen LogP contribution in [-0.4, -0.2) is 43.0 Å². The van der Waals surface area contributed by atoms with E-state index in [0.29, 0.717) is 5.56 Å². The number of aromatic nitrogens is 1. The van der Waals surface area contributed by atoms with Crippen molar-refractivity contribution >= 4 is 15.9 Å². The SMILES string of the molecule is CS(=O)(=O)N(CCNC(=O)Cc1ccc(F)cc1)Cc1cccnc1. The Morgan fingerprint density at radius 2 is 1.92 bits per heavy atom. The first-order chi connectivity index (χ1) is 11.8. The predicted octanol–water partition coefficient (Wildman–Crippen LogP) is 1.34. The Morgan fingerprint density at radius 1 is 1.20 bits per heavy atom. The molecule has 1 aromatic heterocycles. The number of benzene rings is 1. The summed E-state index contributed by atoms with van der Waals surface area (Å²) >= 11 is 0. The molecule has 0 aliphatic heterocycles. The number of sulfonamides is 1. The lowest BCUT2D eigenvalue weighted by Gasteiger charge is -2.20. The van der Waals surface area contributed by atoms with E-state index < -0.39 is 10.0 Å². The van der Waals surface area contributed by atoms with Crippen molar-refractivity contribution in [1.82, 2.24) is 14.6 Å². The highest BCUT2D eigenvalue weighted by molar-refractivity contribution is 7.88. The molecule has 1 aromatic carbocycles. The molecule has 134 valence electrons. The van der Waals surface area contributed by atoms with Crippen molar-refractivity contribution in [3.8, 4) is 0 Å². The Bertz CT molecular complexity index is 796. The number of hydrogen-bond acceptors (Lipinski definition) is 4. The lowest BCUT2D eigenvalue weighted by molar-refractivity contribution is -0.120. The van der Waals surface area contributed by atoms with Crippen molar-refractivity contribution in [3.05, 3.63) is 65.7 Å². The molecule has 1 heterocycles. The van der Waals surface area contributed by atoms with Gasteiger partial charge in [0.25, 0.3) is 0 Å². The van der Waals surface area contributed by atoms with Crippen LogP contribution in [0.15, 0.2) is 48.8 Å². The molecule has 0 spiro atoms. The maximum atomic E-state index is 12.8. The molecular weight excluding hydrogens is 345 g/mol. The van der Waals surface area contributed by atoms with Gasteiger partial charge >= 0.3 is 0 Å². The zero-order chi connectivity index (χ0) is 18.3. The summed E-state index contributed by atoms with van der Waals surface area (Å²) in [5.41, 5.74) is 1.46. The molecule has 0 aliphatic carbocycles. The second-order valence-corrected chi connectivity index (χ2v) is 7.59. The van der Waals surface area contributed by atoms with E-state index in [1.54, 1.807) is 36.7 Å². The van der Waals surface area contributed by atoms with Crippen molar-refractivity contribution in [3.63, 3.8) is 0 Å². The second kappa shape index (κ2) is 8.68. The summed E-state index contributed by atoms with van der Waals surface area (Å²) in [5.74, 6) is -0.607. The number of carbonyl (C=O) groups is 1.